The third-order valence-corrected chi connectivity index (χ3v) is 4.87. The van der Waals surface area contributed by atoms with E-state index in [9.17, 15) is 8.42 Å². The first kappa shape index (κ1) is 14.4. The molecule has 2 heterocycles. The number of aromatic nitrogens is 2. The van der Waals surface area contributed by atoms with Gasteiger partial charge in [-0.3, -0.25) is 0 Å². The van der Waals surface area contributed by atoms with Crippen LogP contribution in [0.2, 0.25) is 0 Å². The Bertz CT molecular complexity index is 521. The molecule has 0 N–H and O–H groups in total. The highest BCUT2D eigenvalue weighted by molar-refractivity contribution is 7.86. The Morgan fingerprint density at radius 1 is 1.47 bits per heavy atom. The van der Waals surface area contributed by atoms with Crippen molar-refractivity contribution >= 4 is 10.2 Å². The van der Waals surface area contributed by atoms with Crippen LogP contribution in [0.25, 0.3) is 0 Å². The molecule has 8 nitrogen and oxygen atoms in total. The summed E-state index contributed by atoms with van der Waals surface area (Å²) in [6.07, 6.45) is 0.590. The van der Waals surface area contributed by atoms with Crippen LogP contribution in [0.15, 0.2) is 4.52 Å². The summed E-state index contributed by atoms with van der Waals surface area (Å²) < 4.78 is 36.3. The maximum absolute atomic E-state index is 11.8. The second-order valence-electron chi connectivity index (χ2n) is 4.60. The van der Waals surface area contributed by atoms with Crippen LogP contribution in [0, 0.1) is 0 Å². The van der Waals surface area contributed by atoms with Crippen LogP contribution >= 0.6 is 0 Å². The first-order valence-corrected chi connectivity index (χ1v) is 7.34. The van der Waals surface area contributed by atoms with Gasteiger partial charge in [0.25, 0.3) is 10.2 Å². The van der Waals surface area contributed by atoms with Crippen molar-refractivity contribution in [3.05, 3.63) is 11.7 Å². The summed E-state index contributed by atoms with van der Waals surface area (Å²) in [7, 11) is 1.30. The van der Waals surface area contributed by atoms with Crippen molar-refractivity contribution in [3.8, 4) is 0 Å². The second-order valence-corrected chi connectivity index (χ2v) is 6.74. The van der Waals surface area contributed by atoms with E-state index >= 15 is 0 Å². The highest BCUT2D eigenvalue weighted by atomic mass is 32.2. The van der Waals surface area contributed by atoms with E-state index in [0.717, 1.165) is 0 Å². The molecule has 9 heteroatoms. The zero-order valence-electron chi connectivity index (χ0n) is 11.2. The van der Waals surface area contributed by atoms with E-state index in [1.807, 2.05) is 0 Å². The van der Waals surface area contributed by atoms with Gasteiger partial charge in [0.2, 0.25) is 5.89 Å². The van der Waals surface area contributed by atoms with Gasteiger partial charge in [-0.2, -0.15) is 22.0 Å². The zero-order valence-corrected chi connectivity index (χ0v) is 12.1. The van der Waals surface area contributed by atoms with E-state index in [-0.39, 0.29) is 5.92 Å². The van der Waals surface area contributed by atoms with Crippen LogP contribution in [0.4, 0.5) is 0 Å². The van der Waals surface area contributed by atoms with Crippen LogP contribution in [0.5, 0.6) is 0 Å². The third-order valence-electron chi connectivity index (χ3n) is 3.00. The molecule has 2 rings (SSSR count). The molecule has 19 heavy (non-hydrogen) atoms. The molecule has 0 radical (unpaired) electrons. The standard InChI is InChI=1S/C10H18N4O4S/c1-13(2)19(15,16)14-6-8(7-14)10-11-9(12-18-10)4-5-17-3/h8H,4-7H2,1-3H3. The second kappa shape index (κ2) is 5.53. The molecular weight excluding hydrogens is 272 g/mol. The summed E-state index contributed by atoms with van der Waals surface area (Å²) in [4.78, 5) is 4.24. The molecule has 1 aliphatic rings. The predicted molar refractivity (Wildman–Crippen MR) is 66.8 cm³/mol. The Morgan fingerprint density at radius 2 is 2.16 bits per heavy atom. The highest BCUT2D eigenvalue weighted by Crippen LogP contribution is 2.28. The Kier molecular flexibility index (Phi) is 4.19. The number of nitrogens with zero attached hydrogens (tertiary/aromatic N) is 4. The lowest BCUT2D eigenvalue weighted by molar-refractivity contribution is 0.198. The minimum absolute atomic E-state index is 0.0153. The molecule has 1 aromatic heterocycles. The monoisotopic (exact) mass is 290 g/mol. The fourth-order valence-corrected chi connectivity index (χ4v) is 2.94. The normalized spacial score (nSPS) is 17.9. The molecule has 1 fully saturated rings. The maximum Gasteiger partial charge on any atom is 0.281 e. The average Bonchev–Trinajstić information content (AvgIpc) is 2.72. The number of hydrogen-bond acceptors (Lipinski definition) is 6. The lowest BCUT2D eigenvalue weighted by atomic mass is 10.0. The van der Waals surface area contributed by atoms with Gasteiger partial charge in [0.15, 0.2) is 5.82 Å². The van der Waals surface area contributed by atoms with Gasteiger partial charge in [-0.15, -0.1) is 0 Å². The van der Waals surface area contributed by atoms with Crippen molar-refractivity contribution in [2.24, 2.45) is 0 Å². The molecule has 1 saturated heterocycles. The van der Waals surface area contributed by atoms with Crippen molar-refractivity contribution in [2.45, 2.75) is 12.3 Å². The fourth-order valence-electron chi connectivity index (χ4n) is 1.74. The molecule has 1 aromatic rings. The maximum atomic E-state index is 11.8. The first-order chi connectivity index (χ1) is 8.95. The molecule has 0 saturated carbocycles. The zero-order chi connectivity index (χ0) is 14.0. The molecule has 0 aromatic carbocycles. The van der Waals surface area contributed by atoms with Crippen LogP contribution in [0.3, 0.4) is 0 Å². The number of ether oxygens (including phenoxy) is 1. The molecule has 1 aliphatic heterocycles. The highest BCUT2D eigenvalue weighted by Gasteiger charge is 2.40. The average molecular weight is 290 g/mol. The molecule has 108 valence electrons. The molecule has 0 spiro atoms. The van der Waals surface area contributed by atoms with Crippen molar-refractivity contribution in [2.75, 3.05) is 40.9 Å². The Labute approximate surface area is 112 Å². The molecule has 0 aliphatic carbocycles. The van der Waals surface area contributed by atoms with Crippen LogP contribution < -0.4 is 0 Å². The van der Waals surface area contributed by atoms with Crippen LogP contribution in [0.1, 0.15) is 17.6 Å². The van der Waals surface area contributed by atoms with Gasteiger partial charge in [-0.1, -0.05) is 5.16 Å². The van der Waals surface area contributed by atoms with Gasteiger partial charge < -0.3 is 9.26 Å². The topological polar surface area (TPSA) is 88.8 Å². The van der Waals surface area contributed by atoms with E-state index in [1.165, 1.54) is 22.7 Å². The van der Waals surface area contributed by atoms with E-state index < -0.39 is 10.2 Å². The Morgan fingerprint density at radius 3 is 2.74 bits per heavy atom. The van der Waals surface area contributed by atoms with Crippen molar-refractivity contribution < 1.29 is 17.7 Å². The van der Waals surface area contributed by atoms with Crippen molar-refractivity contribution in [1.82, 2.24) is 18.8 Å². The van der Waals surface area contributed by atoms with Gasteiger partial charge in [-0.05, 0) is 0 Å². The van der Waals surface area contributed by atoms with Crippen molar-refractivity contribution in [1.29, 1.82) is 0 Å². The van der Waals surface area contributed by atoms with Crippen LogP contribution in [-0.4, -0.2) is 68.1 Å². The van der Waals surface area contributed by atoms with E-state index in [0.29, 0.717) is 37.8 Å². The van der Waals surface area contributed by atoms with Crippen LogP contribution in [-0.2, 0) is 21.4 Å². The number of hydrogen-bond donors (Lipinski definition) is 0. The molecule has 0 bridgehead atoms. The summed E-state index contributed by atoms with van der Waals surface area (Å²) >= 11 is 0. The fraction of sp³-hybridized carbons (Fsp3) is 0.800. The summed E-state index contributed by atoms with van der Waals surface area (Å²) in [6, 6.07) is 0. The number of methoxy groups -OCH3 is 1. The van der Waals surface area contributed by atoms with Gasteiger partial charge in [-0.25, -0.2) is 0 Å². The lowest BCUT2D eigenvalue weighted by Gasteiger charge is -2.37. The summed E-state index contributed by atoms with van der Waals surface area (Å²) in [5.74, 6) is 1.07. The van der Waals surface area contributed by atoms with E-state index in [4.69, 9.17) is 9.26 Å². The minimum atomic E-state index is -3.33. The predicted octanol–water partition coefficient (Wildman–Crippen LogP) is -0.536. The molecule has 0 unspecified atom stereocenters. The quantitative estimate of drug-likeness (QED) is 0.699. The Hall–Kier alpha value is -1.03. The largest absolute Gasteiger partial charge is 0.384 e. The first-order valence-electron chi connectivity index (χ1n) is 5.94. The lowest BCUT2D eigenvalue weighted by Crippen LogP contribution is -2.52. The SMILES string of the molecule is COCCc1noc(C2CN(S(=O)(=O)N(C)C)C2)n1. The molecule has 0 atom stereocenters. The van der Waals surface area contributed by atoms with Crippen molar-refractivity contribution in [3.63, 3.8) is 0 Å². The van der Waals surface area contributed by atoms with Gasteiger partial charge >= 0.3 is 0 Å². The summed E-state index contributed by atoms with van der Waals surface area (Å²) in [5.41, 5.74) is 0. The van der Waals surface area contributed by atoms with Gasteiger partial charge in [0, 0.05) is 40.7 Å². The van der Waals surface area contributed by atoms with Gasteiger partial charge in [0.1, 0.15) is 0 Å². The Balaban J connectivity index is 1.92. The summed E-state index contributed by atoms with van der Waals surface area (Å²) in [5, 5.41) is 3.83. The molecular formula is C10H18N4O4S. The molecule has 0 amide bonds. The minimum Gasteiger partial charge on any atom is -0.384 e. The smallest absolute Gasteiger partial charge is 0.281 e. The van der Waals surface area contributed by atoms with E-state index in [2.05, 4.69) is 10.1 Å². The number of rotatable bonds is 6. The van der Waals surface area contributed by atoms with E-state index in [1.54, 1.807) is 7.11 Å². The van der Waals surface area contributed by atoms with Gasteiger partial charge in [0.05, 0.1) is 12.5 Å². The third kappa shape index (κ3) is 2.94. The summed E-state index contributed by atoms with van der Waals surface area (Å²) in [6.45, 7) is 1.30.